The van der Waals surface area contributed by atoms with Gasteiger partial charge in [0.15, 0.2) is 0 Å². The Morgan fingerprint density at radius 3 is 1.43 bits per heavy atom. The number of para-hydroxylation sites is 2. The Labute approximate surface area is 151 Å². The molecule has 2 heterocycles. The minimum atomic E-state index is 0. The summed E-state index contributed by atoms with van der Waals surface area (Å²) in [6, 6.07) is 15.9. The Kier molecular flexibility index (Phi) is 5.85. The fraction of sp³-hybridized carbons (Fsp3) is 0. The maximum Gasteiger partial charge on any atom is 2.00 e. The van der Waals surface area contributed by atoms with Crippen LogP contribution < -0.4 is 0 Å². The van der Waals surface area contributed by atoms with E-state index in [-0.39, 0.29) is 16.8 Å². The van der Waals surface area contributed by atoms with E-state index in [2.05, 4.69) is 9.97 Å². The number of hydrogen-bond donors (Lipinski definition) is 0. The summed E-state index contributed by atoms with van der Waals surface area (Å²) in [6.45, 7) is 0. The van der Waals surface area contributed by atoms with Gasteiger partial charge in [-0.05, 0) is 30.2 Å². The predicted octanol–water partition coefficient (Wildman–Crippen LogP) is 4.40. The second-order valence-electron chi connectivity index (χ2n) is 3.89. The van der Waals surface area contributed by atoms with Gasteiger partial charge in [0.25, 0.3) is 0 Å². The van der Waals surface area contributed by atoms with Crippen molar-refractivity contribution in [3.05, 3.63) is 48.5 Å². The molecule has 4 rings (SSSR count). The van der Waals surface area contributed by atoms with Crippen LogP contribution in [-0.4, -0.2) is 9.97 Å². The fourth-order valence-corrected chi connectivity index (χ4v) is 3.83. The second-order valence-corrected chi connectivity index (χ2v) is 7.25. The van der Waals surface area contributed by atoms with E-state index in [1.807, 2.05) is 48.5 Å². The van der Waals surface area contributed by atoms with E-state index in [0.717, 1.165) is 19.7 Å². The van der Waals surface area contributed by atoms with Gasteiger partial charge < -0.3 is 47.9 Å². The molecule has 0 N–H and O–H groups in total. The van der Waals surface area contributed by atoms with Crippen molar-refractivity contribution in [2.24, 2.45) is 0 Å². The maximum atomic E-state index is 4.92. The first kappa shape index (κ1) is 16.5. The minimum Gasteiger partial charge on any atom is -0.408 e. The molecule has 2 nitrogen and oxygen atoms in total. The number of fused-ring (bicyclic) bond motifs is 2. The number of nitrogens with zero attached hydrogens (tertiary/aromatic N) is 2. The van der Waals surface area contributed by atoms with E-state index in [9.17, 15) is 0 Å². The molecule has 0 saturated heterocycles. The molecule has 4 aromatic rings. The van der Waals surface area contributed by atoms with Gasteiger partial charge in [-0.25, -0.2) is 0 Å². The predicted molar refractivity (Wildman–Crippen MR) is 90.5 cm³/mol. The summed E-state index contributed by atoms with van der Waals surface area (Å²) >= 11 is 13.0. The molecular formula is C14H8CoN2S4. The number of thiazole rings is 2. The van der Waals surface area contributed by atoms with Crippen LogP contribution in [0.25, 0.3) is 20.4 Å². The molecule has 0 unspecified atom stereocenters. The summed E-state index contributed by atoms with van der Waals surface area (Å²) in [5.74, 6) is 0. The Hall–Kier alpha value is -0.834. The molecular weight excluding hydrogens is 383 g/mol. The smallest absolute Gasteiger partial charge is 0.408 e. The normalized spacial score (nSPS) is 9.90. The first-order valence-electron chi connectivity index (χ1n) is 5.77. The second kappa shape index (κ2) is 7.44. The van der Waals surface area contributed by atoms with Crippen molar-refractivity contribution in [1.29, 1.82) is 0 Å². The molecule has 0 fully saturated rings. The van der Waals surface area contributed by atoms with E-state index < -0.39 is 0 Å². The first-order chi connectivity index (χ1) is 9.72. The molecule has 21 heavy (non-hydrogen) atoms. The minimum absolute atomic E-state index is 0. The molecule has 7 heteroatoms. The van der Waals surface area contributed by atoms with Crippen LogP contribution in [0.1, 0.15) is 0 Å². The SMILES string of the molecule is [Co+2].[S-]c1nc2ccccc2s1.[S-]c1nc2ccccc2s1. The number of aromatic nitrogens is 2. The molecule has 0 bridgehead atoms. The number of benzene rings is 2. The molecule has 1 radical (unpaired) electrons. The Morgan fingerprint density at radius 2 is 1.05 bits per heavy atom. The van der Waals surface area contributed by atoms with Gasteiger partial charge in [-0.15, -0.1) is 0 Å². The van der Waals surface area contributed by atoms with E-state index in [0.29, 0.717) is 0 Å². The summed E-state index contributed by atoms with van der Waals surface area (Å²) in [7, 11) is 0. The van der Waals surface area contributed by atoms with Crippen LogP contribution in [0.4, 0.5) is 0 Å². The van der Waals surface area contributed by atoms with Gasteiger partial charge in [-0.2, -0.15) is 0 Å². The standard InChI is InChI=1S/2C7H5NS2.Co/c2*9-7-8-5-3-1-2-4-6(5)10-7;/h2*1-4H,(H,8,9);/q;;+2/p-2. The van der Waals surface area contributed by atoms with Crippen LogP contribution in [-0.2, 0) is 42.0 Å². The van der Waals surface area contributed by atoms with Crippen molar-refractivity contribution >= 4 is 68.4 Å². The van der Waals surface area contributed by atoms with Gasteiger partial charge in [0.2, 0.25) is 0 Å². The Morgan fingerprint density at radius 1 is 0.667 bits per heavy atom. The van der Waals surface area contributed by atoms with Crippen LogP contribution in [0.2, 0.25) is 0 Å². The van der Waals surface area contributed by atoms with Crippen molar-refractivity contribution in [3.63, 3.8) is 0 Å². The number of rotatable bonds is 0. The molecule has 0 saturated carbocycles. The van der Waals surface area contributed by atoms with Crippen molar-refractivity contribution in [2.45, 2.75) is 8.68 Å². The van der Waals surface area contributed by atoms with Gasteiger partial charge >= 0.3 is 16.8 Å². The largest absolute Gasteiger partial charge is 2.00 e. The van der Waals surface area contributed by atoms with Crippen molar-refractivity contribution in [1.82, 2.24) is 9.97 Å². The van der Waals surface area contributed by atoms with Crippen molar-refractivity contribution < 1.29 is 16.8 Å². The maximum absolute atomic E-state index is 4.92. The summed E-state index contributed by atoms with van der Waals surface area (Å²) in [5.41, 5.74) is 2.02. The van der Waals surface area contributed by atoms with Crippen molar-refractivity contribution in [2.75, 3.05) is 0 Å². The van der Waals surface area contributed by atoms with E-state index in [1.54, 1.807) is 22.7 Å². The zero-order valence-electron chi connectivity index (χ0n) is 10.5. The van der Waals surface area contributed by atoms with Crippen LogP contribution >= 0.6 is 22.7 Å². The van der Waals surface area contributed by atoms with Crippen LogP contribution in [0.15, 0.2) is 57.2 Å². The van der Waals surface area contributed by atoms with Crippen LogP contribution in [0.5, 0.6) is 0 Å². The molecule has 2 aromatic heterocycles. The Balaban J connectivity index is 0.000000147. The summed E-state index contributed by atoms with van der Waals surface area (Å²) in [5, 5.41) is 0. The fourth-order valence-electron chi connectivity index (χ4n) is 1.70. The van der Waals surface area contributed by atoms with Crippen molar-refractivity contribution in [3.8, 4) is 0 Å². The zero-order chi connectivity index (χ0) is 13.9. The third-order valence-corrected chi connectivity index (χ3v) is 4.89. The molecule has 0 atom stereocenters. The van der Waals surface area contributed by atoms with Gasteiger partial charge in [0.05, 0.1) is 11.0 Å². The van der Waals surface area contributed by atoms with E-state index in [1.165, 1.54) is 9.40 Å². The quantitative estimate of drug-likeness (QED) is 0.415. The van der Waals surface area contributed by atoms with Gasteiger partial charge in [-0.1, -0.05) is 36.4 Å². The van der Waals surface area contributed by atoms with Gasteiger partial charge in [0, 0.05) is 0 Å². The van der Waals surface area contributed by atoms with E-state index in [4.69, 9.17) is 25.3 Å². The van der Waals surface area contributed by atoms with E-state index >= 15 is 0 Å². The molecule has 0 aliphatic carbocycles. The molecule has 0 amide bonds. The van der Waals surface area contributed by atoms with Gasteiger partial charge in [-0.3, -0.25) is 9.97 Å². The van der Waals surface area contributed by atoms with Crippen LogP contribution in [0, 0.1) is 0 Å². The third-order valence-electron chi connectivity index (χ3n) is 2.55. The average molecular weight is 391 g/mol. The summed E-state index contributed by atoms with van der Waals surface area (Å²) in [4.78, 5) is 8.29. The third kappa shape index (κ3) is 4.09. The molecule has 0 aliphatic rings. The zero-order valence-corrected chi connectivity index (χ0v) is 14.8. The molecule has 107 valence electrons. The van der Waals surface area contributed by atoms with Crippen LogP contribution in [0.3, 0.4) is 0 Å². The molecule has 0 spiro atoms. The number of hydrogen-bond acceptors (Lipinski definition) is 6. The topological polar surface area (TPSA) is 25.8 Å². The summed E-state index contributed by atoms with van der Waals surface area (Å²) in [6.07, 6.45) is 0. The van der Waals surface area contributed by atoms with Gasteiger partial charge in [0.1, 0.15) is 0 Å². The molecule has 0 aliphatic heterocycles. The average Bonchev–Trinajstić information content (AvgIpc) is 2.99. The monoisotopic (exact) mass is 391 g/mol. The summed E-state index contributed by atoms with van der Waals surface area (Å²) < 4.78 is 3.79. The first-order valence-corrected chi connectivity index (χ1v) is 8.22. The Bertz CT molecular complexity index is 718. The molecule has 2 aromatic carbocycles.